The fraction of sp³-hybridized carbons (Fsp3) is 0.556. The summed E-state index contributed by atoms with van der Waals surface area (Å²) >= 11 is 0. The van der Waals surface area contributed by atoms with E-state index in [0.717, 1.165) is 25.7 Å². The number of nitrogens with one attached hydrogen (secondary N) is 1. The van der Waals surface area contributed by atoms with E-state index in [4.69, 9.17) is 5.11 Å². The summed E-state index contributed by atoms with van der Waals surface area (Å²) in [5.41, 5.74) is 1.36. The van der Waals surface area contributed by atoms with Crippen LogP contribution in [-0.2, 0) is 9.59 Å². The van der Waals surface area contributed by atoms with Crippen molar-refractivity contribution >= 4 is 11.9 Å². The first kappa shape index (κ1) is 16.5. The summed E-state index contributed by atoms with van der Waals surface area (Å²) in [6.45, 7) is 3.38. The zero-order chi connectivity index (χ0) is 16.1. The van der Waals surface area contributed by atoms with Crippen LogP contribution in [0.15, 0.2) is 30.3 Å². The molecule has 2 N–H and O–H groups in total. The lowest BCUT2D eigenvalue weighted by atomic mass is 9.78. The van der Waals surface area contributed by atoms with Gasteiger partial charge in [-0.2, -0.15) is 0 Å². The van der Waals surface area contributed by atoms with E-state index in [1.54, 1.807) is 13.8 Å². The molecule has 2 unspecified atom stereocenters. The highest BCUT2D eigenvalue weighted by atomic mass is 16.4. The molecule has 0 aromatic heterocycles. The van der Waals surface area contributed by atoms with E-state index in [2.05, 4.69) is 29.6 Å². The maximum Gasteiger partial charge on any atom is 0.308 e. The maximum absolute atomic E-state index is 12.3. The molecule has 1 fully saturated rings. The monoisotopic (exact) mass is 303 g/mol. The third-order valence-corrected chi connectivity index (χ3v) is 4.88. The van der Waals surface area contributed by atoms with Crippen molar-refractivity contribution in [1.82, 2.24) is 5.32 Å². The molecular formula is C18H25NO3. The number of aliphatic carboxylic acids is 1. The lowest BCUT2D eigenvalue weighted by Crippen LogP contribution is -2.43. The Bertz CT molecular complexity index is 506. The molecule has 0 aliphatic heterocycles. The number of carboxylic acids is 1. The summed E-state index contributed by atoms with van der Waals surface area (Å²) in [5, 5.41) is 11.9. The van der Waals surface area contributed by atoms with Gasteiger partial charge in [0, 0.05) is 12.0 Å². The van der Waals surface area contributed by atoms with E-state index in [-0.39, 0.29) is 17.9 Å². The Hall–Kier alpha value is -1.84. The van der Waals surface area contributed by atoms with Gasteiger partial charge in [0.25, 0.3) is 0 Å². The summed E-state index contributed by atoms with van der Waals surface area (Å²) in [7, 11) is 0. The zero-order valence-electron chi connectivity index (χ0n) is 13.3. The number of benzene rings is 1. The molecular weight excluding hydrogens is 278 g/mol. The molecule has 0 heterocycles. The molecule has 2 atom stereocenters. The second kappa shape index (κ2) is 7.43. The lowest BCUT2D eigenvalue weighted by Gasteiger charge is -2.29. The van der Waals surface area contributed by atoms with Crippen molar-refractivity contribution in [1.29, 1.82) is 0 Å². The maximum atomic E-state index is 12.3. The van der Waals surface area contributed by atoms with E-state index in [1.807, 2.05) is 6.07 Å². The molecule has 0 saturated heterocycles. The van der Waals surface area contributed by atoms with Gasteiger partial charge in [-0.25, -0.2) is 0 Å². The molecule has 0 radical (unpaired) electrons. The summed E-state index contributed by atoms with van der Waals surface area (Å²) in [6.07, 6.45) is 3.79. The van der Waals surface area contributed by atoms with Crippen molar-refractivity contribution in [3.63, 3.8) is 0 Å². The topological polar surface area (TPSA) is 66.4 Å². The van der Waals surface area contributed by atoms with Crippen molar-refractivity contribution in [2.24, 2.45) is 11.8 Å². The van der Waals surface area contributed by atoms with Gasteiger partial charge >= 0.3 is 5.97 Å². The van der Waals surface area contributed by atoms with Gasteiger partial charge in [-0.15, -0.1) is 0 Å². The van der Waals surface area contributed by atoms with Gasteiger partial charge in [-0.3, -0.25) is 9.59 Å². The van der Waals surface area contributed by atoms with E-state index >= 15 is 0 Å². The van der Waals surface area contributed by atoms with Crippen LogP contribution in [0, 0.1) is 11.8 Å². The second-order valence-corrected chi connectivity index (χ2v) is 6.38. The quantitative estimate of drug-likeness (QED) is 0.878. The Kier molecular flexibility index (Phi) is 5.58. The van der Waals surface area contributed by atoms with E-state index in [1.165, 1.54) is 5.56 Å². The first-order valence-electron chi connectivity index (χ1n) is 8.07. The van der Waals surface area contributed by atoms with Crippen molar-refractivity contribution in [3.05, 3.63) is 35.9 Å². The third-order valence-electron chi connectivity index (χ3n) is 4.88. The van der Waals surface area contributed by atoms with Crippen LogP contribution in [0.25, 0.3) is 0 Å². The van der Waals surface area contributed by atoms with Crippen molar-refractivity contribution < 1.29 is 14.7 Å². The SMILES string of the molecule is CC(NC(=O)C1CCC(c2ccccc2)CC1)C(C)C(=O)O. The smallest absolute Gasteiger partial charge is 0.308 e. The van der Waals surface area contributed by atoms with E-state index in [0.29, 0.717) is 5.92 Å². The van der Waals surface area contributed by atoms with Gasteiger partial charge < -0.3 is 10.4 Å². The first-order valence-corrected chi connectivity index (χ1v) is 8.07. The Balaban J connectivity index is 1.84. The molecule has 4 nitrogen and oxygen atoms in total. The molecule has 22 heavy (non-hydrogen) atoms. The Morgan fingerprint density at radius 1 is 1.09 bits per heavy atom. The Labute approximate surface area is 131 Å². The molecule has 0 spiro atoms. The highest BCUT2D eigenvalue weighted by Gasteiger charge is 2.29. The molecule has 2 rings (SSSR count). The molecule has 4 heteroatoms. The van der Waals surface area contributed by atoms with Gasteiger partial charge in [0.15, 0.2) is 0 Å². The number of carboxylic acid groups (broad SMARTS) is 1. The zero-order valence-corrected chi connectivity index (χ0v) is 13.3. The highest BCUT2D eigenvalue weighted by molar-refractivity contribution is 5.80. The van der Waals surface area contributed by atoms with Crippen molar-refractivity contribution in [3.8, 4) is 0 Å². The average Bonchev–Trinajstić information content (AvgIpc) is 2.54. The molecule has 0 bridgehead atoms. The number of carbonyl (C=O) groups is 2. The predicted octanol–water partition coefficient (Wildman–Crippen LogP) is 3.19. The van der Waals surface area contributed by atoms with Crippen LogP contribution in [0.2, 0.25) is 0 Å². The largest absolute Gasteiger partial charge is 0.481 e. The molecule has 1 saturated carbocycles. The van der Waals surface area contributed by atoms with Crippen LogP contribution in [-0.4, -0.2) is 23.0 Å². The number of amides is 1. The lowest BCUT2D eigenvalue weighted by molar-refractivity contribution is -0.142. The average molecular weight is 303 g/mol. The Morgan fingerprint density at radius 2 is 1.68 bits per heavy atom. The predicted molar refractivity (Wildman–Crippen MR) is 85.5 cm³/mol. The fourth-order valence-corrected chi connectivity index (χ4v) is 3.10. The van der Waals surface area contributed by atoms with Crippen LogP contribution in [0.4, 0.5) is 0 Å². The van der Waals surface area contributed by atoms with Crippen molar-refractivity contribution in [2.75, 3.05) is 0 Å². The molecule has 1 aromatic carbocycles. The van der Waals surface area contributed by atoms with Crippen LogP contribution < -0.4 is 5.32 Å². The summed E-state index contributed by atoms with van der Waals surface area (Å²) in [5.74, 6) is -0.874. The first-order chi connectivity index (χ1) is 10.5. The second-order valence-electron chi connectivity index (χ2n) is 6.38. The summed E-state index contributed by atoms with van der Waals surface area (Å²) < 4.78 is 0. The fourth-order valence-electron chi connectivity index (χ4n) is 3.10. The van der Waals surface area contributed by atoms with Crippen LogP contribution >= 0.6 is 0 Å². The highest BCUT2D eigenvalue weighted by Crippen LogP contribution is 2.35. The normalized spacial score (nSPS) is 24.3. The van der Waals surface area contributed by atoms with Gasteiger partial charge in [0.05, 0.1) is 5.92 Å². The van der Waals surface area contributed by atoms with E-state index in [9.17, 15) is 9.59 Å². The number of rotatable bonds is 5. The van der Waals surface area contributed by atoms with Gasteiger partial charge in [-0.1, -0.05) is 30.3 Å². The minimum absolute atomic E-state index is 0.00658. The summed E-state index contributed by atoms with van der Waals surface area (Å²) in [4.78, 5) is 23.2. The van der Waals surface area contributed by atoms with Crippen LogP contribution in [0.5, 0.6) is 0 Å². The molecule has 1 aliphatic carbocycles. The third kappa shape index (κ3) is 4.09. The molecule has 120 valence electrons. The minimum Gasteiger partial charge on any atom is -0.481 e. The number of hydrogen-bond donors (Lipinski definition) is 2. The Morgan fingerprint density at radius 3 is 2.23 bits per heavy atom. The van der Waals surface area contributed by atoms with Crippen molar-refractivity contribution in [2.45, 2.75) is 51.5 Å². The number of hydrogen-bond acceptors (Lipinski definition) is 2. The minimum atomic E-state index is -0.874. The van der Waals surface area contributed by atoms with Gasteiger partial charge in [0.1, 0.15) is 0 Å². The van der Waals surface area contributed by atoms with E-state index < -0.39 is 11.9 Å². The number of carbonyl (C=O) groups excluding carboxylic acids is 1. The molecule has 1 aliphatic rings. The van der Waals surface area contributed by atoms with Crippen LogP contribution in [0.1, 0.15) is 51.0 Å². The molecule has 1 aromatic rings. The standard InChI is InChI=1S/C18H25NO3/c1-12(18(21)22)13(2)19-17(20)16-10-8-15(9-11-16)14-6-4-3-5-7-14/h3-7,12-13,15-16H,8-11H2,1-2H3,(H,19,20)(H,21,22). The van der Waals surface area contributed by atoms with Gasteiger partial charge in [-0.05, 0) is 51.0 Å². The van der Waals surface area contributed by atoms with Gasteiger partial charge in [0.2, 0.25) is 5.91 Å². The molecule has 1 amide bonds. The summed E-state index contributed by atoms with van der Waals surface area (Å²) in [6, 6.07) is 10.1. The van der Waals surface area contributed by atoms with Crippen LogP contribution in [0.3, 0.4) is 0 Å².